The van der Waals surface area contributed by atoms with E-state index in [0.29, 0.717) is 11.3 Å². The van der Waals surface area contributed by atoms with Crippen molar-refractivity contribution in [3.8, 4) is 0 Å². The maximum atomic E-state index is 11.5. The average molecular weight is 214 g/mol. The summed E-state index contributed by atoms with van der Waals surface area (Å²) in [4.78, 5) is 11.5. The molecule has 1 aromatic rings. The Balaban J connectivity index is 2.40. The van der Waals surface area contributed by atoms with E-state index < -0.39 is 6.10 Å². The van der Waals surface area contributed by atoms with E-state index in [1.165, 1.54) is 13.3 Å². The summed E-state index contributed by atoms with van der Waals surface area (Å²) in [6, 6.07) is 0. The molecular weight excluding hydrogens is 200 g/mol. The summed E-state index contributed by atoms with van der Waals surface area (Å²) in [6.07, 6.45) is 0.631. The van der Waals surface area contributed by atoms with E-state index in [1.54, 1.807) is 6.92 Å². The Labute approximate surface area is 87.2 Å². The zero-order chi connectivity index (χ0) is 11.3. The average Bonchev–Trinajstić information content (AvgIpc) is 2.61. The van der Waals surface area contributed by atoms with Crippen LogP contribution in [0.4, 0.5) is 0 Å². The first-order valence-electron chi connectivity index (χ1n) is 4.51. The number of methoxy groups -OCH3 is 1. The Morgan fingerprint density at radius 3 is 3.07 bits per heavy atom. The Morgan fingerprint density at radius 2 is 2.53 bits per heavy atom. The number of ether oxygens (including phenoxy) is 1. The highest BCUT2D eigenvalue weighted by atomic mass is 16.5. The molecule has 1 unspecified atom stereocenters. The third-order valence-electron chi connectivity index (χ3n) is 1.85. The van der Waals surface area contributed by atoms with Crippen molar-refractivity contribution in [1.82, 2.24) is 10.5 Å². The van der Waals surface area contributed by atoms with Crippen molar-refractivity contribution in [2.45, 2.75) is 13.0 Å². The van der Waals surface area contributed by atoms with Crippen molar-refractivity contribution >= 4 is 5.91 Å². The monoisotopic (exact) mass is 214 g/mol. The number of nitrogens with zero attached hydrogens (tertiary/aromatic N) is 1. The van der Waals surface area contributed by atoms with Gasteiger partial charge in [-0.2, -0.15) is 0 Å². The van der Waals surface area contributed by atoms with Crippen LogP contribution in [-0.4, -0.2) is 42.5 Å². The van der Waals surface area contributed by atoms with Crippen LogP contribution in [0.1, 0.15) is 16.1 Å². The predicted molar refractivity (Wildman–Crippen MR) is 51.5 cm³/mol. The number of amides is 1. The molecule has 0 saturated carbocycles. The second kappa shape index (κ2) is 5.47. The molecule has 1 heterocycles. The molecule has 0 aliphatic heterocycles. The van der Waals surface area contributed by atoms with E-state index >= 15 is 0 Å². The molecule has 0 radical (unpaired) electrons. The van der Waals surface area contributed by atoms with E-state index in [4.69, 9.17) is 9.26 Å². The van der Waals surface area contributed by atoms with Crippen LogP contribution < -0.4 is 5.32 Å². The summed E-state index contributed by atoms with van der Waals surface area (Å²) in [5, 5.41) is 15.3. The molecule has 1 atom stereocenters. The Hall–Kier alpha value is -1.40. The molecule has 0 aliphatic carbocycles. The molecule has 1 rings (SSSR count). The SMILES string of the molecule is COCC(O)CNC(=O)c1cnoc1C. The number of carbonyl (C=O) groups excluding carboxylic acids is 1. The number of rotatable bonds is 5. The van der Waals surface area contributed by atoms with Crippen LogP contribution in [-0.2, 0) is 4.74 Å². The lowest BCUT2D eigenvalue weighted by Gasteiger charge is -2.09. The summed E-state index contributed by atoms with van der Waals surface area (Å²) in [6.45, 7) is 1.97. The van der Waals surface area contributed by atoms with Gasteiger partial charge in [0.05, 0.1) is 18.9 Å². The molecule has 2 N–H and O–H groups in total. The maximum absolute atomic E-state index is 11.5. The van der Waals surface area contributed by atoms with Crippen LogP contribution in [0.5, 0.6) is 0 Å². The lowest BCUT2D eigenvalue weighted by molar-refractivity contribution is 0.0609. The molecule has 6 nitrogen and oxygen atoms in total. The summed E-state index contributed by atoms with van der Waals surface area (Å²) in [5.74, 6) is 0.137. The number of nitrogens with one attached hydrogen (secondary N) is 1. The highest BCUT2D eigenvalue weighted by Gasteiger charge is 2.13. The van der Waals surface area contributed by atoms with Crippen LogP contribution in [0.15, 0.2) is 10.7 Å². The van der Waals surface area contributed by atoms with Crippen LogP contribution in [0.2, 0.25) is 0 Å². The van der Waals surface area contributed by atoms with Crippen molar-refractivity contribution in [2.24, 2.45) is 0 Å². The summed E-state index contributed by atoms with van der Waals surface area (Å²) >= 11 is 0. The van der Waals surface area contributed by atoms with Gasteiger partial charge in [-0.25, -0.2) is 0 Å². The Bertz CT molecular complexity index is 324. The van der Waals surface area contributed by atoms with Crippen LogP contribution >= 0.6 is 0 Å². The first-order chi connectivity index (χ1) is 7.15. The van der Waals surface area contributed by atoms with E-state index in [2.05, 4.69) is 10.5 Å². The highest BCUT2D eigenvalue weighted by molar-refractivity contribution is 5.94. The largest absolute Gasteiger partial charge is 0.389 e. The van der Waals surface area contributed by atoms with Gasteiger partial charge in [0.15, 0.2) is 0 Å². The second-order valence-corrected chi connectivity index (χ2v) is 3.11. The third kappa shape index (κ3) is 3.34. The molecule has 0 aromatic carbocycles. The van der Waals surface area contributed by atoms with Gasteiger partial charge in [0.2, 0.25) is 0 Å². The fourth-order valence-electron chi connectivity index (χ4n) is 1.07. The van der Waals surface area contributed by atoms with Crippen LogP contribution in [0.25, 0.3) is 0 Å². The third-order valence-corrected chi connectivity index (χ3v) is 1.85. The Morgan fingerprint density at radius 1 is 1.80 bits per heavy atom. The molecule has 15 heavy (non-hydrogen) atoms. The molecule has 0 aliphatic rings. The van der Waals surface area contributed by atoms with Crippen molar-refractivity contribution in [3.05, 3.63) is 17.5 Å². The number of hydrogen-bond donors (Lipinski definition) is 2. The highest BCUT2D eigenvalue weighted by Crippen LogP contribution is 2.04. The number of aryl methyl sites for hydroxylation is 1. The van der Waals surface area contributed by atoms with E-state index in [1.807, 2.05) is 0 Å². The fraction of sp³-hybridized carbons (Fsp3) is 0.556. The maximum Gasteiger partial charge on any atom is 0.256 e. The summed E-state index contributed by atoms with van der Waals surface area (Å²) < 4.78 is 9.46. The first kappa shape index (κ1) is 11.7. The zero-order valence-electron chi connectivity index (χ0n) is 8.69. The molecule has 0 fully saturated rings. The van der Waals surface area contributed by atoms with Gasteiger partial charge in [-0.3, -0.25) is 4.79 Å². The number of carbonyl (C=O) groups is 1. The number of aliphatic hydroxyl groups excluding tert-OH is 1. The van der Waals surface area contributed by atoms with Gasteiger partial charge < -0.3 is 19.7 Å². The van der Waals surface area contributed by atoms with Gasteiger partial charge in [-0.05, 0) is 6.92 Å². The van der Waals surface area contributed by atoms with Gasteiger partial charge in [0.1, 0.15) is 11.3 Å². The van der Waals surface area contributed by atoms with Crippen molar-refractivity contribution in [1.29, 1.82) is 0 Å². The normalized spacial score (nSPS) is 12.5. The smallest absolute Gasteiger partial charge is 0.256 e. The van der Waals surface area contributed by atoms with E-state index in [-0.39, 0.29) is 19.1 Å². The molecule has 0 spiro atoms. The standard InChI is InChI=1S/C9H14N2O4/c1-6-8(4-11-15-6)9(13)10-3-7(12)5-14-2/h4,7,12H,3,5H2,1-2H3,(H,10,13). The predicted octanol–water partition coefficient (Wildman–Crippen LogP) is -0.280. The van der Waals surface area contributed by atoms with Gasteiger partial charge in [-0.1, -0.05) is 5.16 Å². The minimum atomic E-state index is -0.709. The zero-order valence-corrected chi connectivity index (χ0v) is 8.69. The first-order valence-corrected chi connectivity index (χ1v) is 4.51. The lowest BCUT2D eigenvalue weighted by Crippen LogP contribution is -2.34. The van der Waals surface area contributed by atoms with Crippen LogP contribution in [0, 0.1) is 6.92 Å². The molecular formula is C9H14N2O4. The minimum absolute atomic E-state index is 0.136. The fourth-order valence-corrected chi connectivity index (χ4v) is 1.07. The molecule has 1 aromatic heterocycles. The summed E-state index contributed by atoms with van der Waals surface area (Å²) in [7, 11) is 1.48. The lowest BCUT2D eigenvalue weighted by atomic mass is 10.2. The van der Waals surface area contributed by atoms with Gasteiger partial charge in [-0.15, -0.1) is 0 Å². The topological polar surface area (TPSA) is 84.6 Å². The second-order valence-electron chi connectivity index (χ2n) is 3.11. The van der Waals surface area contributed by atoms with Gasteiger partial charge in [0.25, 0.3) is 5.91 Å². The number of aliphatic hydroxyl groups is 1. The van der Waals surface area contributed by atoms with Crippen molar-refractivity contribution < 1.29 is 19.2 Å². The van der Waals surface area contributed by atoms with Gasteiger partial charge in [0, 0.05) is 13.7 Å². The van der Waals surface area contributed by atoms with Crippen molar-refractivity contribution in [3.63, 3.8) is 0 Å². The molecule has 84 valence electrons. The van der Waals surface area contributed by atoms with Crippen LogP contribution in [0.3, 0.4) is 0 Å². The number of hydrogen-bond acceptors (Lipinski definition) is 5. The number of aromatic nitrogens is 1. The van der Waals surface area contributed by atoms with Gasteiger partial charge >= 0.3 is 0 Å². The molecule has 6 heteroatoms. The quantitative estimate of drug-likeness (QED) is 0.704. The van der Waals surface area contributed by atoms with E-state index in [9.17, 15) is 9.90 Å². The molecule has 1 amide bonds. The Kier molecular flexibility index (Phi) is 4.26. The van der Waals surface area contributed by atoms with Crippen molar-refractivity contribution in [2.75, 3.05) is 20.3 Å². The summed E-state index contributed by atoms with van der Waals surface area (Å²) in [5.41, 5.74) is 0.375. The molecule has 0 saturated heterocycles. The minimum Gasteiger partial charge on any atom is -0.389 e. The van der Waals surface area contributed by atoms with E-state index in [0.717, 1.165) is 0 Å². The molecule has 0 bridgehead atoms.